The molecule has 15 heavy (non-hydrogen) atoms. The Kier molecular flexibility index (Phi) is 2.34. The fourth-order valence-electron chi connectivity index (χ4n) is 1.02. The van der Waals surface area contributed by atoms with Crippen molar-refractivity contribution in [3.8, 4) is 5.95 Å². The van der Waals surface area contributed by atoms with Gasteiger partial charge < -0.3 is 5.11 Å². The maximum absolute atomic E-state index is 10.7. The first kappa shape index (κ1) is 9.60. The zero-order chi connectivity index (χ0) is 10.8. The van der Waals surface area contributed by atoms with Gasteiger partial charge in [-0.1, -0.05) is 11.6 Å². The summed E-state index contributed by atoms with van der Waals surface area (Å²) in [4.78, 5) is 18.5. The molecule has 0 radical (unpaired) electrons. The van der Waals surface area contributed by atoms with Crippen molar-refractivity contribution in [3.05, 3.63) is 35.4 Å². The lowest BCUT2D eigenvalue weighted by molar-refractivity contribution is 0.0697. The number of hydrogen-bond donors (Lipinski definition) is 1. The summed E-state index contributed by atoms with van der Waals surface area (Å²) < 4.78 is 1.16. The van der Waals surface area contributed by atoms with E-state index in [-0.39, 0.29) is 16.7 Å². The average molecular weight is 225 g/mol. The third kappa shape index (κ3) is 1.66. The molecule has 2 heterocycles. The Morgan fingerprint density at radius 3 is 2.60 bits per heavy atom. The summed E-state index contributed by atoms with van der Waals surface area (Å²) in [5, 5.41) is 12.5. The second-order valence-corrected chi connectivity index (χ2v) is 2.97. The minimum atomic E-state index is -1.14. The first-order chi connectivity index (χ1) is 7.20. The minimum absolute atomic E-state index is 0.0197. The number of rotatable bonds is 2. The van der Waals surface area contributed by atoms with Crippen LogP contribution in [-0.4, -0.2) is 30.8 Å². The molecule has 0 aliphatic heterocycles. The molecule has 1 N–H and O–H groups in total. The molecule has 2 rings (SSSR count). The second-order valence-electron chi connectivity index (χ2n) is 2.61. The largest absolute Gasteiger partial charge is 0.478 e. The monoisotopic (exact) mass is 224 g/mol. The Hall–Kier alpha value is -1.95. The van der Waals surface area contributed by atoms with E-state index in [0.717, 1.165) is 10.9 Å². The van der Waals surface area contributed by atoms with Crippen LogP contribution in [0.2, 0.25) is 5.15 Å². The van der Waals surface area contributed by atoms with E-state index in [4.69, 9.17) is 16.7 Å². The lowest BCUT2D eigenvalue weighted by Gasteiger charge is -1.98. The van der Waals surface area contributed by atoms with Crippen molar-refractivity contribution < 1.29 is 9.90 Å². The van der Waals surface area contributed by atoms with E-state index < -0.39 is 5.97 Å². The molecule has 6 nitrogen and oxygen atoms in total. The summed E-state index contributed by atoms with van der Waals surface area (Å²) in [7, 11) is 0. The highest BCUT2D eigenvalue weighted by atomic mass is 35.5. The van der Waals surface area contributed by atoms with Crippen LogP contribution in [-0.2, 0) is 0 Å². The van der Waals surface area contributed by atoms with Gasteiger partial charge in [-0.15, -0.1) is 0 Å². The predicted molar refractivity (Wildman–Crippen MR) is 51.1 cm³/mol. The van der Waals surface area contributed by atoms with Crippen LogP contribution in [0.15, 0.2) is 24.7 Å². The first-order valence-corrected chi connectivity index (χ1v) is 4.32. The Bertz CT molecular complexity index is 497. The third-order valence-corrected chi connectivity index (χ3v) is 2.05. The molecular formula is C8H5ClN4O2. The summed E-state index contributed by atoms with van der Waals surface area (Å²) in [6.45, 7) is 0. The number of hydrogen-bond acceptors (Lipinski definition) is 4. The Labute approximate surface area is 89.2 Å². The zero-order valence-corrected chi connectivity index (χ0v) is 8.09. The van der Waals surface area contributed by atoms with Gasteiger partial charge in [-0.25, -0.2) is 14.8 Å². The fraction of sp³-hybridized carbons (Fsp3) is 0. The molecule has 0 saturated heterocycles. The maximum atomic E-state index is 10.7. The average Bonchev–Trinajstić information content (AvgIpc) is 2.61. The number of carbonyl (C=O) groups is 1. The van der Waals surface area contributed by atoms with Crippen molar-refractivity contribution in [2.45, 2.75) is 0 Å². The summed E-state index contributed by atoms with van der Waals surface area (Å²) in [5.74, 6) is -0.905. The molecule has 0 fully saturated rings. The predicted octanol–water partition coefficient (Wildman–Crippen LogP) is 1.01. The molecule has 2 aromatic rings. The van der Waals surface area contributed by atoms with E-state index in [1.165, 1.54) is 12.4 Å². The van der Waals surface area contributed by atoms with Gasteiger partial charge in [0.2, 0.25) is 0 Å². The SMILES string of the molecule is O=C(O)c1cnn(-c2ncccn2)c1Cl. The molecule has 0 aromatic carbocycles. The summed E-state index contributed by atoms with van der Waals surface area (Å²) in [6, 6.07) is 1.64. The van der Waals surface area contributed by atoms with Gasteiger partial charge in [0.25, 0.3) is 5.95 Å². The van der Waals surface area contributed by atoms with Crippen LogP contribution in [0.1, 0.15) is 10.4 Å². The normalized spacial score (nSPS) is 10.2. The van der Waals surface area contributed by atoms with Gasteiger partial charge >= 0.3 is 5.97 Å². The highest BCUT2D eigenvalue weighted by Crippen LogP contribution is 2.17. The van der Waals surface area contributed by atoms with Crippen LogP contribution in [0, 0.1) is 0 Å². The van der Waals surface area contributed by atoms with Gasteiger partial charge in [0.05, 0.1) is 6.20 Å². The van der Waals surface area contributed by atoms with Gasteiger partial charge in [-0.2, -0.15) is 9.78 Å². The number of carboxylic acids is 1. The standard InChI is InChI=1S/C8H5ClN4O2/c9-6-5(7(14)15)4-12-13(6)8-10-2-1-3-11-8/h1-4H,(H,14,15). The first-order valence-electron chi connectivity index (χ1n) is 3.94. The lowest BCUT2D eigenvalue weighted by atomic mass is 10.4. The van der Waals surface area contributed by atoms with Crippen molar-refractivity contribution in [1.82, 2.24) is 19.7 Å². The smallest absolute Gasteiger partial charge is 0.340 e. The molecule has 0 aliphatic carbocycles. The molecule has 0 bridgehead atoms. The van der Waals surface area contributed by atoms with E-state index in [0.29, 0.717) is 0 Å². The van der Waals surface area contributed by atoms with Crippen LogP contribution >= 0.6 is 11.6 Å². The molecule has 0 aliphatic rings. The number of aromatic nitrogens is 4. The molecule has 0 amide bonds. The van der Waals surface area contributed by atoms with Gasteiger partial charge in [-0.3, -0.25) is 0 Å². The number of carboxylic acid groups (broad SMARTS) is 1. The van der Waals surface area contributed by atoms with Crippen molar-refractivity contribution in [2.75, 3.05) is 0 Å². The minimum Gasteiger partial charge on any atom is -0.478 e. The van der Waals surface area contributed by atoms with E-state index in [2.05, 4.69) is 15.1 Å². The summed E-state index contributed by atoms with van der Waals surface area (Å²) >= 11 is 5.79. The highest BCUT2D eigenvalue weighted by Gasteiger charge is 2.16. The summed E-state index contributed by atoms with van der Waals surface area (Å²) in [5.41, 5.74) is -0.0795. The zero-order valence-electron chi connectivity index (χ0n) is 7.33. The molecule has 7 heteroatoms. The molecule has 0 atom stereocenters. The Morgan fingerprint density at radius 2 is 2.07 bits per heavy atom. The third-order valence-electron chi connectivity index (χ3n) is 1.68. The van der Waals surface area contributed by atoms with Gasteiger partial charge in [0.15, 0.2) is 5.15 Å². The van der Waals surface area contributed by atoms with Crippen molar-refractivity contribution in [1.29, 1.82) is 0 Å². The topological polar surface area (TPSA) is 80.9 Å². The van der Waals surface area contributed by atoms with Crippen molar-refractivity contribution >= 4 is 17.6 Å². The van der Waals surface area contributed by atoms with Crippen molar-refractivity contribution in [3.63, 3.8) is 0 Å². The van der Waals surface area contributed by atoms with Crippen molar-refractivity contribution in [2.24, 2.45) is 0 Å². The molecule has 0 spiro atoms. The lowest BCUT2D eigenvalue weighted by Crippen LogP contribution is -2.03. The van der Waals surface area contributed by atoms with Gasteiger partial charge in [0.1, 0.15) is 5.56 Å². The Balaban J connectivity index is 2.52. The Morgan fingerprint density at radius 1 is 1.40 bits per heavy atom. The highest BCUT2D eigenvalue weighted by molar-refractivity contribution is 6.32. The number of halogens is 1. The molecular weight excluding hydrogens is 220 g/mol. The molecule has 76 valence electrons. The van der Waals surface area contributed by atoms with E-state index >= 15 is 0 Å². The summed E-state index contributed by atoms with van der Waals surface area (Å²) in [6.07, 6.45) is 4.18. The van der Waals surface area contributed by atoms with E-state index in [1.807, 2.05) is 0 Å². The van der Waals surface area contributed by atoms with Crippen LogP contribution in [0.3, 0.4) is 0 Å². The van der Waals surface area contributed by atoms with E-state index in [1.54, 1.807) is 6.07 Å². The number of nitrogens with zero attached hydrogens (tertiary/aromatic N) is 4. The quantitative estimate of drug-likeness (QED) is 0.824. The van der Waals surface area contributed by atoms with Crippen LogP contribution in [0.25, 0.3) is 5.95 Å². The second kappa shape index (κ2) is 3.66. The van der Waals surface area contributed by atoms with Gasteiger partial charge in [-0.05, 0) is 6.07 Å². The maximum Gasteiger partial charge on any atom is 0.340 e. The van der Waals surface area contributed by atoms with E-state index in [9.17, 15) is 4.79 Å². The molecule has 0 saturated carbocycles. The van der Waals surface area contributed by atoms with Crippen LogP contribution < -0.4 is 0 Å². The van der Waals surface area contributed by atoms with Crippen LogP contribution in [0.4, 0.5) is 0 Å². The van der Waals surface area contributed by atoms with Crippen LogP contribution in [0.5, 0.6) is 0 Å². The molecule has 0 unspecified atom stereocenters. The fourth-order valence-corrected chi connectivity index (χ4v) is 1.27. The molecule has 2 aromatic heterocycles. The number of aromatic carboxylic acids is 1. The van der Waals surface area contributed by atoms with Gasteiger partial charge in [0, 0.05) is 12.4 Å².